The van der Waals surface area contributed by atoms with Gasteiger partial charge in [-0.25, -0.2) is 4.79 Å². The minimum absolute atomic E-state index is 0.0164. The zero-order valence-electron chi connectivity index (χ0n) is 23.8. The van der Waals surface area contributed by atoms with Gasteiger partial charge >= 0.3 is 12.0 Å². The third-order valence-corrected chi connectivity index (χ3v) is 6.94. The summed E-state index contributed by atoms with van der Waals surface area (Å²) in [5.74, 6) is -0.859. The van der Waals surface area contributed by atoms with Crippen LogP contribution in [-0.2, 0) is 14.3 Å². The summed E-state index contributed by atoms with van der Waals surface area (Å²) in [6.45, 7) is 7.35. The molecule has 1 fully saturated rings. The average Bonchev–Trinajstić information content (AvgIpc) is 3.17. The van der Waals surface area contributed by atoms with Crippen LogP contribution in [-0.4, -0.2) is 58.2 Å². The van der Waals surface area contributed by atoms with Gasteiger partial charge in [0.05, 0.1) is 17.8 Å². The highest BCUT2D eigenvalue weighted by molar-refractivity contribution is 6.14. The Kier molecular flexibility index (Phi) is 8.83. The minimum atomic E-state index is -0.989. The summed E-state index contributed by atoms with van der Waals surface area (Å²) >= 11 is 0. The number of carbonyl (C=O) groups excluding carboxylic acids is 3. The molecule has 0 unspecified atom stereocenters. The molecule has 0 bridgehead atoms. The van der Waals surface area contributed by atoms with Gasteiger partial charge in [0.25, 0.3) is 5.91 Å². The third kappa shape index (κ3) is 6.65. The van der Waals surface area contributed by atoms with Crippen molar-refractivity contribution in [3.63, 3.8) is 0 Å². The van der Waals surface area contributed by atoms with E-state index in [2.05, 4.69) is 0 Å². The molecule has 7 nitrogen and oxygen atoms in total. The second-order valence-corrected chi connectivity index (χ2v) is 11.0. The average molecular weight is 540 g/mol. The van der Waals surface area contributed by atoms with Crippen molar-refractivity contribution in [2.75, 3.05) is 7.05 Å². The summed E-state index contributed by atoms with van der Waals surface area (Å²) < 4.78 is 5.53. The molecule has 1 aliphatic rings. The van der Waals surface area contributed by atoms with Crippen LogP contribution in [0.15, 0.2) is 96.0 Å². The Morgan fingerprint density at radius 2 is 1.38 bits per heavy atom. The number of rotatable bonds is 8. The maximum absolute atomic E-state index is 14.3. The van der Waals surface area contributed by atoms with Crippen molar-refractivity contribution in [3.05, 3.63) is 108 Å². The lowest BCUT2D eigenvalue weighted by atomic mass is 9.98. The van der Waals surface area contributed by atoms with Crippen LogP contribution in [0, 0.1) is 0 Å². The second kappa shape index (κ2) is 12.3. The number of hydrogen-bond acceptors (Lipinski definition) is 5. The summed E-state index contributed by atoms with van der Waals surface area (Å²) in [7, 11) is 1.70. The van der Waals surface area contributed by atoms with Crippen molar-refractivity contribution >= 4 is 23.6 Å². The number of urea groups is 1. The van der Waals surface area contributed by atoms with Gasteiger partial charge in [0, 0.05) is 24.6 Å². The maximum atomic E-state index is 14.3. The Labute approximate surface area is 236 Å². The van der Waals surface area contributed by atoms with Crippen LogP contribution in [0.5, 0.6) is 0 Å². The van der Waals surface area contributed by atoms with Crippen molar-refractivity contribution in [2.45, 2.75) is 64.3 Å². The standard InChI is InChI=1S/C33H37N3O4/c1-23-30(26-19-13-8-14-20-26)36(32(39)35(23)5)31(38)27(21-22-28(37)40-33(2,3)4)34-29(24-15-9-6-10-16-24)25-17-11-7-12-18-25/h6-20,23,27,30H,21-22H2,1-5H3/t23-,27-,30-/m1/s1. The van der Waals surface area contributed by atoms with Crippen LogP contribution in [0.1, 0.15) is 63.3 Å². The molecule has 0 spiro atoms. The van der Waals surface area contributed by atoms with E-state index >= 15 is 0 Å². The lowest BCUT2D eigenvalue weighted by Crippen LogP contribution is -2.42. The van der Waals surface area contributed by atoms with Crippen LogP contribution in [0.3, 0.4) is 0 Å². The molecule has 0 aromatic heterocycles. The molecule has 4 rings (SSSR count). The van der Waals surface area contributed by atoms with E-state index in [0.29, 0.717) is 5.71 Å². The van der Waals surface area contributed by atoms with E-state index in [4.69, 9.17) is 9.73 Å². The van der Waals surface area contributed by atoms with Crippen LogP contribution < -0.4 is 0 Å². The zero-order chi connectivity index (χ0) is 28.9. The van der Waals surface area contributed by atoms with Crippen LogP contribution in [0.25, 0.3) is 0 Å². The molecule has 1 saturated heterocycles. The summed E-state index contributed by atoms with van der Waals surface area (Å²) in [5.41, 5.74) is 2.50. The highest BCUT2D eigenvalue weighted by Crippen LogP contribution is 2.35. The molecule has 0 aliphatic carbocycles. The number of hydrogen-bond donors (Lipinski definition) is 0. The van der Waals surface area contributed by atoms with E-state index in [9.17, 15) is 14.4 Å². The van der Waals surface area contributed by atoms with E-state index in [1.165, 1.54) is 4.90 Å². The van der Waals surface area contributed by atoms with Gasteiger partial charge in [-0.3, -0.25) is 19.5 Å². The largest absolute Gasteiger partial charge is 0.460 e. The van der Waals surface area contributed by atoms with Gasteiger partial charge in [0.15, 0.2) is 0 Å². The number of ether oxygens (including phenoxy) is 1. The minimum Gasteiger partial charge on any atom is -0.460 e. The van der Waals surface area contributed by atoms with Gasteiger partial charge in [-0.05, 0) is 39.7 Å². The van der Waals surface area contributed by atoms with Gasteiger partial charge in [0.2, 0.25) is 0 Å². The van der Waals surface area contributed by atoms with Crippen molar-refractivity contribution in [2.24, 2.45) is 4.99 Å². The van der Waals surface area contributed by atoms with E-state index in [-0.39, 0.29) is 24.9 Å². The van der Waals surface area contributed by atoms with Gasteiger partial charge < -0.3 is 9.64 Å². The molecule has 1 aliphatic heterocycles. The first-order chi connectivity index (χ1) is 19.1. The lowest BCUT2D eigenvalue weighted by molar-refractivity contribution is -0.155. The lowest BCUT2D eigenvalue weighted by Gasteiger charge is -2.27. The number of likely N-dealkylation sites (N-methyl/N-ethyl adjacent to an activating group) is 1. The first-order valence-electron chi connectivity index (χ1n) is 13.6. The van der Waals surface area contributed by atoms with Gasteiger partial charge in [-0.15, -0.1) is 0 Å². The van der Waals surface area contributed by atoms with Gasteiger partial charge in [-0.1, -0.05) is 91.0 Å². The number of carbonyl (C=O) groups is 3. The Balaban J connectivity index is 1.78. The normalized spacial score (nSPS) is 17.9. The topological polar surface area (TPSA) is 79.3 Å². The van der Waals surface area contributed by atoms with Gasteiger partial charge in [0.1, 0.15) is 11.6 Å². The Morgan fingerprint density at radius 1 is 0.875 bits per heavy atom. The molecule has 1 heterocycles. The number of amides is 3. The monoisotopic (exact) mass is 539 g/mol. The summed E-state index contributed by atoms with van der Waals surface area (Å²) in [6, 6.07) is 26.7. The first kappa shape index (κ1) is 28.7. The molecular formula is C33H37N3O4. The highest BCUT2D eigenvalue weighted by Gasteiger charge is 2.47. The molecule has 7 heteroatoms. The second-order valence-electron chi connectivity index (χ2n) is 11.0. The van der Waals surface area contributed by atoms with Crippen molar-refractivity contribution in [3.8, 4) is 0 Å². The fourth-order valence-electron chi connectivity index (χ4n) is 4.91. The Bertz CT molecular complexity index is 1310. The van der Waals surface area contributed by atoms with Crippen molar-refractivity contribution < 1.29 is 19.1 Å². The third-order valence-electron chi connectivity index (χ3n) is 6.94. The molecule has 3 amide bonds. The maximum Gasteiger partial charge on any atom is 0.327 e. The molecule has 0 radical (unpaired) electrons. The summed E-state index contributed by atoms with van der Waals surface area (Å²) in [4.78, 5) is 48.4. The number of aliphatic imine (C=N–C) groups is 1. The number of nitrogens with zero attached hydrogens (tertiary/aromatic N) is 3. The number of esters is 1. The molecule has 3 aromatic carbocycles. The Hall–Kier alpha value is -4.26. The predicted molar refractivity (Wildman–Crippen MR) is 156 cm³/mol. The quantitative estimate of drug-likeness (QED) is 0.258. The molecule has 3 aromatic rings. The molecule has 0 N–H and O–H groups in total. The molecule has 0 saturated carbocycles. The van der Waals surface area contributed by atoms with E-state index in [0.717, 1.165) is 16.7 Å². The summed E-state index contributed by atoms with van der Waals surface area (Å²) in [5, 5.41) is 0. The van der Waals surface area contributed by atoms with Crippen LogP contribution in [0.4, 0.5) is 4.79 Å². The van der Waals surface area contributed by atoms with Crippen LogP contribution in [0.2, 0.25) is 0 Å². The molecular weight excluding hydrogens is 502 g/mol. The fraction of sp³-hybridized carbons (Fsp3) is 0.333. The summed E-state index contributed by atoms with van der Waals surface area (Å²) in [6.07, 6.45) is 0.0811. The van der Waals surface area contributed by atoms with Crippen molar-refractivity contribution in [1.29, 1.82) is 0 Å². The Morgan fingerprint density at radius 3 is 1.88 bits per heavy atom. The predicted octanol–water partition coefficient (Wildman–Crippen LogP) is 6.04. The SMILES string of the molecule is C[C@@H]1[C@H](c2ccccc2)N(C(=O)[C@@H](CCC(=O)OC(C)(C)C)N=C(c2ccccc2)c2ccccc2)C(=O)N1C. The molecule has 3 atom stereocenters. The van der Waals surface area contributed by atoms with E-state index in [1.807, 2.05) is 97.9 Å². The van der Waals surface area contributed by atoms with Crippen molar-refractivity contribution in [1.82, 2.24) is 9.80 Å². The molecule has 40 heavy (non-hydrogen) atoms. The highest BCUT2D eigenvalue weighted by atomic mass is 16.6. The van der Waals surface area contributed by atoms with E-state index < -0.39 is 29.6 Å². The smallest absolute Gasteiger partial charge is 0.327 e. The number of benzene rings is 3. The van der Waals surface area contributed by atoms with Crippen LogP contribution >= 0.6 is 0 Å². The van der Waals surface area contributed by atoms with Gasteiger partial charge in [-0.2, -0.15) is 0 Å². The zero-order valence-corrected chi connectivity index (χ0v) is 23.8. The molecule has 208 valence electrons. The van der Waals surface area contributed by atoms with E-state index in [1.54, 1.807) is 32.7 Å². The number of imide groups is 1. The first-order valence-corrected chi connectivity index (χ1v) is 13.6. The fourth-order valence-corrected chi connectivity index (χ4v) is 4.91.